The zero-order valence-electron chi connectivity index (χ0n) is 16.8. The van der Waals surface area contributed by atoms with Crippen LogP contribution in [0, 0.1) is 0 Å². The number of nitrogens with zero attached hydrogens (tertiary/aromatic N) is 3. The van der Waals surface area contributed by atoms with Crippen molar-refractivity contribution in [2.75, 3.05) is 37.7 Å². The van der Waals surface area contributed by atoms with Crippen molar-refractivity contribution in [2.45, 2.75) is 11.8 Å². The number of anilines is 1. The van der Waals surface area contributed by atoms with Gasteiger partial charge in [0.15, 0.2) is 5.13 Å². The molecule has 170 valence electrons. The number of esters is 1. The average Bonchev–Trinajstić information content (AvgIpc) is 3.21. The van der Waals surface area contributed by atoms with E-state index in [4.69, 9.17) is 32.9 Å². The molecule has 1 saturated heterocycles. The number of thiazole rings is 1. The number of piperazine rings is 1. The van der Waals surface area contributed by atoms with E-state index in [1.54, 1.807) is 31.2 Å². The normalized spacial score (nSPS) is 15.3. The Balaban J connectivity index is 1.53. The fourth-order valence-corrected chi connectivity index (χ4v) is 7.31. The Morgan fingerprint density at radius 3 is 2.62 bits per heavy atom. The molecule has 0 amide bonds. The van der Waals surface area contributed by atoms with Gasteiger partial charge < -0.3 is 9.64 Å². The number of rotatable bonds is 5. The molecule has 32 heavy (non-hydrogen) atoms. The first-order valence-corrected chi connectivity index (χ1v) is 13.5. The minimum absolute atomic E-state index is 0.00975. The van der Waals surface area contributed by atoms with Crippen molar-refractivity contribution in [1.82, 2.24) is 9.29 Å². The molecule has 3 aromatic rings. The van der Waals surface area contributed by atoms with E-state index < -0.39 is 10.0 Å². The number of carbonyl (C=O) groups is 1. The van der Waals surface area contributed by atoms with Gasteiger partial charge in [0, 0.05) is 30.7 Å². The predicted molar refractivity (Wildman–Crippen MR) is 131 cm³/mol. The van der Waals surface area contributed by atoms with Crippen molar-refractivity contribution in [3.05, 3.63) is 50.4 Å². The molecule has 0 saturated carbocycles. The molecule has 4 rings (SSSR count). The van der Waals surface area contributed by atoms with Crippen LogP contribution in [0.5, 0.6) is 0 Å². The molecular weight excluding hydrogens is 561 g/mol. The standard InChI is InChI=1S/C20H18BrCl2N3O4S2/c1-2-30-19(27)12-10-13(21)18-15(11-12)31-20(24-18)25-6-8-26(9-7-25)32(28,29)16-5-3-4-14(22)17(16)23/h3-5,10-11H,2,6-9H2,1H3. The summed E-state index contributed by atoms with van der Waals surface area (Å²) in [5.74, 6) is -0.386. The summed E-state index contributed by atoms with van der Waals surface area (Å²) in [6.07, 6.45) is 0. The first kappa shape index (κ1) is 23.7. The lowest BCUT2D eigenvalue weighted by molar-refractivity contribution is 0.0526. The Morgan fingerprint density at radius 1 is 1.22 bits per heavy atom. The van der Waals surface area contributed by atoms with Gasteiger partial charge in [-0.2, -0.15) is 4.31 Å². The monoisotopic (exact) mass is 577 g/mol. The minimum Gasteiger partial charge on any atom is -0.462 e. The summed E-state index contributed by atoms with van der Waals surface area (Å²) in [5.41, 5.74) is 1.20. The van der Waals surface area contributed by atoms with E-state index >= 15 is 0 Å². The smallest absolute Gasteiger partial charge is 0.338 e. The molecule has 0 spiro atoms. The second-order valence-corrected chi connectivity index (χ2v) is 11.5. The lowest BCUT2D eigenvalue weighted by Gasteiger charge is -2.33. The van der Waals surface area contributed by atoms with Crippen LogP contribution in [0.2, 0.25) is 10.0 Å². The zero-order valence-corrected chi connectivity index (χ0v) is 21.6. The number of sulfonamides is 1. The Bertz CT molecular complexity index is 1290. The summed E-state index contributed by atoms with van der Waals surface area (Å²) in [6, 6.07) is 8.05. The van der Waals surface area contributed by atoms with E-state index in [2.05, 4.69) is 15.9 Å². The molecular formula is C20H18BrCl2N3O4S2. The van der Waals surface area contributed by atoms with Gasteiger partial charge in [0.25, 0.3) is 0 Å². The van der Waals surface area contributed by atoms with Gasteiger partial charge in [0.2, 0.25) is 10.0 Å². The van der Waals surface area contributed by atoms with Crippen LogP contribution in [0.15, 0.2) is 39.7 Å². The van der Waals surface area contributed by atoms with E-state index in [9.17, 15) is 13.2 Å². The summed E-state index contributed by atoms with van der Waals surface area (Å²) in [7, 11) is -3.76. The largest absolute Gasteiger partial charge is 0.462 e. The fourth-order valence-electron chi connectivity index (χ4n) is 3.39. The minimum atomic E-state index is -3.76. The maximum atomic E-state index is 13.0. The number of halogens is 3. The second kappa shape index (κ2) is 9.44. The number of hydrogen-bond donors (Lipinski definition) is 0. The van der Waals surface area contributed by atoms with E-state index in [1.807, 2.05) is 4.90 Å². The summed E-state index contributed by atoms with van der Waals surface area (Å²) in [4.78, 5) is 18.8. The lowest BCUT2D eigenvalue weighted by Crippen LogP contribution is -2.48. The predicted octanol–water partition coefficient (Wildman–Crippen LogP) is 5.05. The summed E-state index contributed by atoms with van der Waals surface area (Å²) < 4.78 is 34.1. The number of fused-ring (bicyclic) bond motifs is 1. The van der Waals surface area contributed by atoms with E-state index in [0.717, 1.165) is 15.3 Å². The molecule has 2 aromatic carbocycles. The Labute approximate surface area is 208 Å². The van der Waals surface area contributed by atoms with Crippen LogP contribution in [0.4, 0.5) is 5.13 Å². The molecule has 1 aliphatic heterocycles. The molecule has 0 bridgehead atoms. The maximum Gasteiger partial charge on any atom is 0.338 e. The zero-order chi connectivity index (χ0) is 23.0. The highest BCUT2D eigenvalue weighted by Gasteiger charge is 2.31. The van der Waals surface area contributed by atoms with Gasteiger partial charge >= 0.3 is 5.97 Å². The van der Waals surface area contributed by atoms with Crippen LogP contribution in [0.3, 0.4) is 0 Å². The van der Waals surface area contributed by atoms with E-state index in [-0.39, 0.29) is 34.0 Å². The van der Waals surface area contributed by atoms with Gasteiger partial charge in [-0.25, -0.2) is 18.2 Å². The molecule has 1 aromatic heterocycles. The van der Waals surface area contributed by atoms with Crippen molar-refractivity contribution in [2.24, 2.45) is 0 Å². The Hall–Kier alpha value is -1.43. The molecule has 0 N–H and O–H groups in total. The lowest BCUT2D eigenvalue weighted by atomic mass is 10.2. The van der Waals surface area contributed by atoms with Crippen molar-refractivity contribution in [3.8, 4) is 0 Å². The van der Waals surface area contributed by atoms with Crippen molar-refractivity contribution in [3.63, 3.8) is 0 Å². The van der Waals surface area contributed by atoms with Crippen LogP contribution < -0.4 is 4.90 Å². The van der Waals surface area contributed by atoms with Crippen LogP contribution in [0.25, 0.3) is 10.2 Å². The SMILES string of the molecule is CCOC(=O)c1cc(Br)c2nc(N3CCN(S(=O)(=O)c4cccc(Cl)c4Cl)CC3)sc2c1. The molecule has 0 atom stereocenters. The maximum absolute atomic E-state index is 13.0. The number of carbonyl (C=O) groups excluding carboxylic acids is 1. The van der Waals surface area contributed by atoms with Crippen LogP contribution in [-0.2, 0) is 14.8 Å². The van der Waals surface area contributed by atoms with Crippen molar-refractivity contribution >= 4 is 81.8 Å². The van der Waals surface area contributed by atoms with Gasteiger partial charge in [0.1, 0.15) is 4.90 Å². The van der Waals surface area contributed by atoms with Crippen LogP contribution >= 0.6 is 50.5 Å². The summed E-state index contributed by atoms with van der Waals surface area (Å²) >= 11 is 17.1. The molecule has 0 aliphatic carbocycles. The molecule has 12 heteroatoms. The molecule has 0 radical (unpaired) electrons. The van der Waals surface area contributed by atoms with Gasteiger partial charge in [0.05, 0.1) is 32.4 Å². The van der Waals surface area contributed by atoms with E-state index in [0.29, 0.717) is 29.7 Å². The van der Waals surface area contributed by atoms with Gasteiger partial charge in [-0.15, -0.1) is 0 Å². The van der Waals surface area contributed by atoms with Gasteiger partial charge in [-0.3, -0.25) is 0 Å². The number of aromatic nitrogens is 1. The first-order chi connectivity index (χ1) is 15.2. The Kier molecular flexibility index (Phi) is 7.00. The van der Waals surface area contributed by atoms with Crippen LogP contribution in [0.1, 0.15) is 17.3 Å². The number of benzene rings is 2. The number of hydrogen-bond acceptors (Lipinski definition) is 7. The van der Waals surface area contributed by atoms with E-state index in [1.165, 1.54) is 21.7 Å². The quantitative estimate of drug-likeness (QED) is 0.394. The van der Waals surface area contributed by atoms with Crippen molar-refractivity contribution < 1.29 is 17.9 Å². The topological polar surface area (TPSA) is 79.8 Å². The third-order valence-corrected chi connectivity index (χ3v) is 9.53. The number of ether oxygens (including phenoxy) is 1. The summed E-state index contributed by atoms with van der Waals surface area (Å²) in [6.45, 7) is 3.58. The molecule has 0 unspecified atom stereocenters. The highest BCUT2D eigenvalue weighted by molar-refractivity contribution is 9.10. The molecule has 1 aliphatic rings. The molecule has 7 nitrogen and oxygen atoms in total. The van der Waals surface area contributed by atoms with Gasteiger partial charge in [-0.05, 0) is 47.1 Å². The Morgan fingerprint density at radius 2 is 1.94 bits per heavy atom. The third-order valence-electron chi connectivity index (χ3n) is 4.99. The third kappa shape index (κ3) is 4.49. The molecule has 1 fully saturated rings. The molecule has 2 heterocycles. The fraction of sp³-hybridized carbons (Fsp3) is 0.300. The highest BCUT2D eigenvalue weighted by atomic mass is 79.9. The average molecular weight is 579 g/mol. The van der Waals surface area contributed by atoms with Crippen molar-refractivity contribution in [1.29, 1.82) is 0 Å². The van der Waals surface area contributed by atoms with Crippen LogP contribution in [-0.4, -0.2) is 56.5 Å². The second-order valence-electron chi connectivity index (χ2n) is 6.96. The highest BCUT2D eigenvalue weighted by Crippen LogP contribution is 2.36. The first-order valence-electron chi connectivity index (χ1n) is 9.68. The van der Waals surface area contributed by atoms with Gasteiger partial charge in [-0.1, -0.05) is 40.6 Å². The summed E-state index contributed by atoms with van der Waals surface area (Å²) in [5, 5.41) is 0.998.